The number of aromatic nitrogens is 2. The molecule has 0 aliphatic heterocycles. The van der Waals surface area contributed by atoms with Gasteiger partial charge in [-0.15, -0.1) is 0 Å². The second-order valence-electron chi connectivity index (χ2n) is 7.20. The molecule has 0 radical (unpaired) electrons. The summed E-state index contributed by atoms with van der Waals surface area (Å²) in [6.45, 7) is 1.98. The zero-order chi connectivity index (χ0) is 22.7. The van der Waals surface area contributed by atoms with Crippen LogP contribution in [0.4, 0.5) is 5.13 Å². The fourth-order valence-electron chi connectivity index (χ4n) is 3.12. The molecule has 0 spiro atoms. The first kappa shape index (κ1) is 21.9. The van der Waals surface area contributed by atoms with Gasteiger partial charge < -0.3 is 4.74 Å². The summed E-state index contributed by atoms with van der Waals surface area (Å²) in [5.74, 6) is -0.554. The first-order chi connectivity index (χ1) is 15.4. The van der Waals surface area contributed by atoms with Gasteiger partial charge >= 0.3 is 0 Å². The number of sulfone groups is 1. The normalized spacial score (nSPS) is 11.4. The Morgan fingerprint density at radius 3 is 2.56 bits per heavy atom. The largest absolute Gasteiger partial charge is 0.497 e. The van der Waals surface area contributed by atoms with Gasteiger partial charge in [0.2, 0.25) is 5.91 Å². The number of carbonyl (C=O) groups excluding carboxylic acids is 1. The molecule has 4 aromatic rings. The van der Waals surface area contributed by atoms with Gasteiger partial charge in [-0.1, -0.05) is 35.1 Å². The highest BCUT2D eigenvalue weighted by atomic mass is 32.2. The Labute approximate surface area is 190 Å². The van der Waals surface area contributed by atoms with Crippen molar-refractivity contribution in [2.45, 2.75) is 18.4 Å². The Morgan fingerprint density at radius 2 is 1.88 bits per heavy atom. The van der Waals surface area contributed by atoms with Crippen molar-refractivity contribution in [2.24, 2.45) is 0 Å². The van der Waals surface area contributed by atoms with Crippen LogP contribution in [0.3, 0.4) is 0 Å². The Bertz CT molecular complexity index is 1350. The highest BCUT2D eigenvalue weighted by Crippen LogP contribution is 2.32. The van der Waals surface area contributed by atoms with Crippen molar-refractivity contribution in [3.05, 3.63) is 78.1 Å². The van der Waals surface area contributed by atoms with Gasteiger partial charge in [0, 0.05) is 6.20 Å². The summed E-state index contributed by atoms with van der Waals surface area (Å²) < 4.78 is 31.9. The quantitative estimate of drug-likeness (QED) is 0.408. The maximum absolute atomic E-state index is 13.3. The van der Waals surface area contributed by atoms with E-state index >= 15 is 0 Å². The number of thiazole rings is 1. The number of hydrogen-bond acceptors (Lipinski definition) is 7. The Hall–Kier alpha value is -3.30. The standard InChI is InChI=1S/C23H21N3O4S2/c1-16-6-9-19(10-7-16)32(28,29)15-22(27)26(14-17-5-3-4-12-24-17)23-25-20-11-8-18(30-2)13-21(20)31-23/h3-13H,14-15H2,1-2H3. The third kappa shape index (κ3) is 4.79. The molecule has 0 fully saturated rings. The molecule has 2 aromatic heterocycles. The van der Waals surface area contributed by atoms with E-state index in [0.717, 1.165) is 10.3 Å². The van der Waals surface area contributed by atoms with Crippen molar-refractivity contribution < 1.29 is 17.9 Å². The molecule has 1 amide bonds. The highest BCUT2D eigenvalue weighted by molar-refractivity contribution is 7.92. The smallest absolute Gasteiger partial charge is 0.244 e. The molecule has 0 saturated heterocycles. The lowest BCUT2D eigenvalue weighted by Gasteiger charge is -2.19. The lowest BCUT2D eigenvalue weighted by atomic mass is 10.2. The number of ether oxygens (including phenoxy) is 1. The van der Waals surface area contributed by atoms with Crippen molar-refractivity contribution >= 4 is 42.4 Å². The molecule has 4 rings (SSSR count). The molecule has 0 saturated carbocycles. The van der Waals surface area contributed by atoms with Crippen LogP contribution in [0.1, 0.15) is 11.3 Å². The summed E-state index contributed by atoms with van der Waals surface area (Å²) in [7, 11) is -2.24. The second-order valence-corrected chi connectivity index (χ2v) is 10.2. The Morgan fingerprint density at radius 1 is 1.09 bits per heavy atom. The minimum absolute atomic E-state index is 0.111. The van der Waals surface area contributed by atoms with Gasteiger partial charge in [-0.05, 0) is 49.4 Å². The molecule has 0 N–H and O–H groups in total. The van der Waals surface area contributed by atoms with Gasteiger partial charge in [0.1, 0.15) is 11.5 Å². The maximum Gasteiger partial charge on any atom is 0.244 e. The molecule has 0 aliphatic carbocycles. The minimum atomic E-state index is -3.82. The van der Waals surface area contributed by atoms with Crippen LogP contribution in [0.2, 0.25) is 0 Å². The van der Waals surface area contributed by atoms with Gasteiger partial charge in [-0.3, -0.25) is 14.7 Å². The maximum atomic E-state index is 13.3. The van der Waals surface area contributed by atoms with Gasteiger partial charge in [0.25, 0.3) is 0 Å². The lowest BCUT2D eigenvalue weighted by molar-refractivity contribution is -0.116. The highest BCUT2D eigenvalue weighted by Gasteiger charge is 2.27. The molecule has 7 nitrogen and oxygen atoms in total. The average Bonchev–Trinajstić information content (AvgIpc) is 3.21. The number of fused-ring (bicyclic) bond motifs is 1. The van der Waals surface area contributed by atoms with Crippen molar-refractivity contribution in [2.75, 3.05) is 17.8 Å². The number of carbonyl (C=O) groups is 1. The van der Waals surface area contributed by atoms with Crippen LogP contribution in [0.5, 0.6) is 5.75 Å². The SMILES string of the molecule is COc1ccc2nc(N(Cc3ccccn3)C(=O)CS(=O)(=O)c3ccc(C)cc3)sc2c1. The average molecular weight is 468 g/mol. The summed E-state index contributed by atoms with van der Waals surface area (Å²) in [4.78, 5) is 23.6. The zero-order valence-corrected chi connectivity index (χ0v) is 19.2. The number of methoxy groups -OCH3 is 1. The molecular formula is C23H21N3O4S2. The first-order valence-electron chi connectivity index (χ1n) is 9.80. The molecule has 0 atom stereocenters. The van der Waals surface area contributed by atoms with Crippen LogP contribution < -0.4 is 9.64 Å². The van der Waals surface area contributed by atoms with Crippen LogP contribution >= 0.6 is 11.3 Å². The molecule has 2 aromatic carbocycles. The van der Waals surface area contributed by atoms with Gasteiger partial charge in [0.05, 0.1) is 34.5 Å². The van der Waals surface area contributed by atoms with Gasteiger partial charge in [-0.2, -0.15) is 0 Å². The van der Waals surface area contributed by atoms with E-state index in [9.17, 15) is 13.2 Å². The molecule has 0 aliphatic rings. The lowest BCUT2D eigenvalue weighted by Crippen LogP contribution is -2.35. The number of rotatable bonds is 7. The number of nitrogens with zero attached hydrogens (tertiary/aromatic N) is 3. The summed E-state index contributed by atoms with van der Waals surface area (Å²) >= 11 is 1.30. The van der Waals surface area contributed by atoms with Crippen LogP contribution in [-0.2, 0) is 21.2 Å². The van der Waals surface area contributed by atoms with Gasteiger partial charge in [0.15, 0.2) is 15.0 Å². The number of benzene rings is 2. The summed E-state index contributed by atoms with van der Waals surface area (Å²) in [6.07, 6.45) is 1.63. The first-order valence-corrected chi connectivity index (χ1v) is 12.3. The van der Waals surface area contributed by atoms with Crippen molar-refractivity contribution in [3.63, 3.8) is 0 Å². The van der Waals surface area contributed by atoms with E-state index in [0.29, 0.717) is 22.1 Å². The number of amides is 1. The fraction of sp³-hybridized carbons (Fsp3) is 0.174. The van der Waals surface area contributed by atoms with Gasteiger partial charge in [-0.25, -0.2) is 13.4 Å². The monoisotopic (exact) mass is 467 g/mol. The van der Waals surface area contributed by atoms with E-state index in [1.54, 1.807) is 49.7 Å². The van der Waals surface area contributed by atoms with Crippen LogP contribution in [0.15, 0.2) is 71.8 Å². The summed E-state index contributed by atoms with van der Waals surface area (Å²) in [6, 6.07) is 17.3. The topological polar surface area (TPSA) is 89.5 Å². The predicted octanol–water partition coefficient (Wildman–Crippen LogP) is 4.02. The van der Waals surface area contributed by atoms with E-state index in [-0.39, 0.29) is 11.4 Å². The molecule has 2 heterocycles. The summed E-state index contributed by atoms with van der Waals surface area (Å²) in [5, 5.41) is 0.406. The van der Waals surface area contributed by atoms with Crippen molar-refractivity contribution in [3.8, 4) is 5.75 Å². The zero-order valence-electron chi connectivity index (χ0n) is 17.6. The van der Waals surface area contributed by atoms with E-state index in [1.165, 1.54) is 28.4 Å². The van der Waals surface area contributed by atoms with Crippen molar-refractivity contribution in [1.82, 2.24) is 9.97 Å². The molecule has 0 unspecified atom stereocenters. The number of hydrogen-bond donors (Lipinski definition) is 0. The third-order valence-electron chi connectivity index (χ3n) is 4.86. The van der Waals surface area contributed by atoms with E-state index < -0.39 is 21.5 Å². The van der Waals surface area contributed by atoms with E-state index in [4.69, 9.17) is 4.74 Å². The van der Waals surface area contributed by atoms with E-state index in [2.05, 4.69) is 9.97 Å². The second kappa shape index (κ2) is 9.05. The summed E-state index contributed by atoms with van der Waals surface area (Å²) in [5.41, 5.74) is 2.27. The van der Waals surface area contributed by atoms with Crippen LogP contribution in [0.25, 0.3) is 10.2 Å². The van der Waals surface area contributed by atoms with Crippen LogP contribution in [0, 0.1) is 6.92 Å². The number of anilines is 1. The molecule has 0 bridgehead atoms. The Kier molecular flexibility index (Phi) is 6.20. The third-order valence-corrected chi connectivity index (χ3v) is 7.51. The van der Waals surface area contributed by atoms with E-state index in [1.807, 2.05) is 19.1 Å². The van der Waals surface area contributed by atoms with Crippen LogP contribution in [-0.4, -0.2) is 37.2 Å². The Balaban J connectivity index is 1.69. The molecule has 9 heteroatoms. The fourth-order valence-corrected chi connectivity index (χ4v) is 5.33. The molecule has 164 valence electrons. The minimum Gasteiger partial charge on any atom is -0.497 e. The molecule has 32 heavy (non-hydrogen) atoms. The van der Waals surface area contributed by atoms with Crippen molar-refractivity contribution in [1.29, 1.82) is 0 Å². The number of pyridine rings is 1. The molecular weight excluding hydrogens is 446 g/mol. The number of aryl methyl sites for hydroxylation is 1. The predicted molar refractivity (Wildman–Crippen MR) is 125 cm³/mol.